The number of piperazine rings is 1. The molecule has 2 aromatic carbocycles. The van der Waals surface area contributed by atoms with Gasteiger partial charge in [-0.1, -0.05) is 17.3 Å². The van der Waals surface area contributed by atoms with Gasteiger partial charge in [0.15, 0.2) is 0 Å². The van der Waals surface area contributed by atoms with Gasteiger partial charge in [0, 0.05) is 30.6 Å². The summed E-state index contributed by atoms with van der Waals surface area (Å²) in [5, 5.41) is 16.8. The summed E-state index contributed by atoms with van der Waals surface area (Å²) >= 11 is 0. The van der Waals surface area contributed by atoms with Crippen molar-refractivity contribution in [2.75, 3.05) is 26.2 Å². The monoisotopic (exact) mass is 519 g/mol. The Kier molecular flexibility index (Phi) is 7.73. The van der Waals surface area contributed by atoms with E-state index in [0.717, 1.165) is 17.7 Å². The molecule has 1 unspecified atom stereocenters. The van der Waals surface area contributed by atoms with E-state index in [4.69, 9.17) is 0 Å². The topological polar surface area (TPSA) is 121 Å². The first-order chi connectivity index (χ1) is 18.5. The van der Waals surface area contributed by atoms with Gasteiger partial charge in [0.1, 0.15) is 11.9 Å². The highest BCUT2D eigenvalue weighted by molar-refractivity contribution is 5.98. The SMILES string of the molecule is O=C1CN(C(=O)C(CCCN[C@@H]2C[C@H]2c2ccc(F)cc2)NC(=O)c2ccc(-n3ccnn3)cc2)CCN1. The van der Waals surface area contributed by atoms with E-state index in [2.05, 4.69) is 26.3 Å². The van der Waals surface area contributed by atoms with Crippen LogP contribution in [0.15, 0.2) is 60.9 Å². The molecular formula is C27H30FN7O3. The molecule has 3 amide bonds. The van der Waals surface area contributed by atoms with Gasteiger partial charge in [-0.3, -0.25) is 14.4 Å². The summed E-state index contributed by atoms with van der Waals surface area (Å²) in [6.07, 6.45) is 5.35. The molecule has 2 fully saturated rings. The molecular weight excluding hydrogens is 489 g/mol. The molecule has 3 atom stereocenters. The number of amides is 3. The van der Waals surface area contributed by atoms with Crippen LogP contribution in [-0.2, 0) is 9.59 Å². The van der Waals surface area contributed by atoms with Crippen LogP contribution in [-0.4, -0.2) is 75.9 Å². The molecule has 198 valence electrons. The van der Waals surface area contributed by atoms with Crippen LogP contribution in [0.2, 0.25) is 0 Å². The van der Waals surface area contributed by atoms with Gasteiger partial charge in [-0.15, -0.1) is 5.10 Å². The van der Waals surface area contributed by atoms with Crippen LogP contribution >= 0.6 is 0 Å². The molecule has 1 aromatic heterocycles. The Labute approximate surface area is 219 Å². The molecule has 2 heterocycles. The predicted octanol–water partition coefficient (Wildman–Crippen LogP) is 1.39. The quantitative estimate of drug-likeness (QED) is 0.348. The minimum absolute atomic E-state index is 0.0164. The first kappa shape index (κ1) is 25.5. The summed E-state index contributed by atoms with van der Waals surface area (Å²) < 4.78 is 14.8. The highest BCUT2D eigenvalue weighted by atomic mass is 19.1. The molecule has 1 saturated carbocycles. The lowest BCUT2D eigenvalue weighted by molar-refractivity contribution is -0.139. The molecule has 11 heteroatoms. The maximum atomic E-state index is 13.3. The van der Waals surface area contributed by atoms with Crippen molar-refractivity contribution in [3.05, 3.63) is 77.9 Å². The number of carbonyl (C=O) groups is 3. The van der Waals surface area contributed by atoms with E-state index in [9.17, 15) is 18.8 Å². The molecule has 38 heavy (non-hydrogen) atoms. The number of carbonyl (C=O) groups excluding carboxylic acids is 3. The van der Waals surface area contributed by atoms with Crippen molar-refractivity contribution in [3.8, 4) is 5.69 Å². The van der Waals surface area contributed by atoms with E-state index in [0.29, 0.717) is 50.0 Å². The number of hydrogen-bond acceptors (Lipinski definition) is 6. The fraction of sp³-hybridized carbons (Fsp3) is 0.370. The Morgan fingerprint density at radius 1 is 1.13 bits per heavy atom. The molecule has 1 aliphatic carbocycles. The third-order valence-corrected chi connectivity index (χ3v) is 6.93. The summed E-state index contributed by atoms with van der Waals surface area (Å²) in [7, 11) is 0. The van der Waals surface area contributed by atoms with Gasteiger partial charge in [0.2, 0.25) is 11.8 Å². The number of nitrogens with zero attached hydrogens (tertiary/aromatic N) is 4. The second-order valence-electron chi connectivity index (χ2n) is 9.63. The third kappa shape index (κ3) is 6.23. The van der Waals surface area contributed by atoms with Crippen LogP contribution in [0.4, 0.5) is 4.39 Å². The Morgan fingerprint density at radius 3 is 2.63 bits per heavy atom. The molecule has 1 aliphatic heterocycles. The highest BCUT2D eigenvalue weighted by Crippen LogP contribution is 2.40. The second kappa shape index (κ2) is 11.5. The van der Waals surface area contributed by atoms with Crippen LogP contribution in [0.5, 0.6) is 0 Å². The molecule has 0 radical (unpaired) electrons. The zero-order valence-corrected chi connectivity index (χ0v) is 20.8. The smallest absolute Gasteiger partial charge is 0.251 e. The fourth-order valence-electron chi connectivity index (χ4n) is 4.75. The Morgan fingerprint density at radius 2 is 1.92 bits per heavy atom. The van der Waals surface area contributed by atoms with Crippen LogP contribution in [0, 0.1) is 5.82 Å². The molecule has 0 spiro atoms. The van der Waals surface area contributed by atoms with E-state index in [-0.39, 0.29) is 30.1 Å². The van der Waals surface area contributed by atoms with E-state index < -0.39 is 6.04 Å². The van der Waals surface area contributed by atoms with Gasteiger partial charge in [0.25, 0.3) is 5.91 Å². The number of halogens is 1. The minimum Gasteiger partial charge on any atom is -0.353 e. The second-order valence-corrected chi connectivity index (χ2v) is 9.63. The van der Waals surface area contributed by atoms with Crippen LogP contribution in [0.1, 0.15) is 41.1 Å². The number of aromatic nitrogens is 3. The van der Waals surface area contributed by atoms with E-state index >= 15 is 0 Å². The number of hydrogen-bond donors (Lipinski definition) is 3. The zero-order chi connectivity index (χ0) is 26.5. The lowest BCUT2D eigenvalue weighted by Crippen LogP contribution is -2.56. The molecule has 1 saturated heterocycles. The zero-order valence-electron chi connectivity index (χ0n) is 20.8. The van der Waals surface area contributed by atoms with Gasteiger partial charge < -0.3 is 20.9 Å². The molecule has 3 N–H and O–H groups in total. The van der Waals surface area contributed by atoms with Crippen LogP contribution in [0.25, 0.3) is 5.69 Å². The highest BCUT2D eigenvalue weighted by Gasteiger charge is 2.37. The van der Waals surface area contributed by atoms with E-state index in [1.807, 2.05) is 12.1 Å². The fourth-order valence-corrected chi connectivity index (χ4v) is 4.75. The molecule has 10 nitrogen and oxygen atoms in total. The number of benzene rings is 2. The average Bonchev–Trinajstić information content (AvgIpc) is 3.49. The van der Waals surface area contributed by atoms with Crippen molar-refractivity contribution in [1.29, 1.82) is 0 Å². The summed E-state index contributed by atoms with van der Waals surface area (Å²) in [6, 6.07) is 13.0. The maximum absolute atomic E-state index is 13.3. The normalized spacial score (nSPS) is 19.5. The predicted molar refractivity (Wildman–Crippen MR) is 137 cm³/mol. The van der Waals surface area contributed by atoms with Crippen molar-refractivity contribution < 1.29 is 18.8 Å². The Balaban J connectivity index is 1.17. The number of nitrogens with one attached hydrogen (secondary N) is 3. The molecule has 5 rings (SSSR count). The number of rotatable bonds is 10. The lowest BCUT2D eigenvalue weighted by atomic mass is 10.1. The summed E-state index contributed by atoms with van der Waals surface area (Å²) in [5.74, 6) is -0.709. The molecule has 0 bridgehead atoms. The standard InChI is InChI=1S/C27H30FN7O3/c28-20-7-3-18(4-8-20)22-16-24(22)29-11-1-2-23(27(38)34-14-12-30-25(36)17-34)32-26(37)19-5-9-21(10-6-19)35-15-13-31-33-35/h3-10,13,15,22-24,29H,1-2,11-12,14,16-17H2,(H,30,36)(H,32,37)/t22-,23?,24+/m0/s1. The first-order valence-electron chi connectivity index (χ1n) is 12.8. The van der Waals surface area contributed by atoms with Crippen molar-refractivity contribution in [1.82, 2.24) is 35.8 Å². The average molecular weight is 520 g/mol. The summed E-state index contributed by atoms with van der Waals surface area (Å²) in [4.78, 5) is 39.7. The largest absolute Gasteiger partial charge is 0.353 e. The van der Waals surface area contributed by atoms with Gasteiger partial charge in [-0.25, -0.2) is 9.07 Å². The van der Waals surface area contributed by atoms with Crippen molar-refractivity contribution >= 4 is 17.7 Å². The maximum Gasteiger partial charge on any atom is 0.251 e. The van der Waals surface area contributed by atoms with Crippen molar-refractivity contribution in [3.63, 3.8) is 0 Å². The Hall–Kier alpha value is -4.12. The lowest BCUT2D eigenvalue weighted by Gasteiger charge is -2.30. The van der Waals surface area contributed by atoms with Crippen LogP contribution < -0.4 is 16.0 Å². The van der Waals surface area contributed by atoms with Crippen LogP contribution in [0.3, 0.4) is 0 Å². The minimum atomic E-state index is -0.753. The van der Waals surface area contributed by atoms with Crippen molar-refractivity contribution in [2.45, 2.75) is 37.3 Å². The van der Waals surface area contributed by atoms with Gasteiger partial charge in [-0.05, 0) is 67.8 Å². The summed E-state index contributed by atoms with van der Waals surface area (Å²) in [5.41, 5.74) is 2.29. The van der Waals surface area contributed by atoms with Gasteiger partial charge in [-0.2, -0.15) is 0 Å². The van der Waals surface area contributed by atoms with Gasteiger partial charge in [0.05, 0.1) is 24.6 Å². The molecule has 2 aliphatic rings. The molecule has 3 aromatic rings. The van der Waals surface area contributed by atoms with E-state index in [1.54, 1.807) is 41.3 Å². The summed E-state index contributed by atoms with van der Waals surface area (Å²) in [6.45, 7) is 1.46. The van der Waals surface area contributed by atoms with Crippen molar-refractivity contribution in [2.24, 2.45) is 0 Å². The van der Waals surface area contributed by atoms with E-state index in [1.165, 1.54) is 17.0 Å². The Bertz CT molecular complexity index is 1260. The first-order valence-corrected chi connectivity index (χ1v) is 12.8. The third-order valence-electron chi connectivity index (χ3n) is 6.93. The van der Waals surface area contributed by atoms with Gasteiger partial charge >= 0.3 is 0 Å².